The largest absolute Gasteiger partial charge is 0.440 e. The van der Waals surface area contributed by atoms with E-state index in [-0.39, 0.29) is 0 Å². The maximum absolute atomic E-state index is 6.18. The number of fused-ring (bicyclic) bond motifs is 9. The predicted octanol–water partition coefficient (Wildman–Crippen LogP) is 11.5. The van der Waals surface area contributed by atoms with Crippen LogP contribution in [0.2, 0.25) is 0 Å². The molecule has 0 amide bonds. The van der Waals surface area contributed by atoms with Gasteiger partial charge in [-0.1, -0.05) is 109 Å². The first-order valence-electron chi connectivity index (χ1n) is 15.1. The van der Waals surface area contributed by atoms with Crippen molar-refractivity contribution in [1.29, 1.82) is 0 Å². The van der Waals surface area contributed by atoms with E-state index in [1.165, 1.54) is 43.4 Å². The van der Waals surface area contributed by atoms with Crippen molar-refractivity contribution in [2.75, 3.05) is 16.8 Å². The van der Waals surface area contributed by atoms with Crippen molar-refractivity contribution in [3.8, 4) is 11.1 Å². The van der Waals surface area contributed by atoms with Gasteiger partial charge in [0.1, 0.15) is 5.58 Å². The van der Waals surface area contributed by atoms with E-state index in [9.17, 15) is 0 Å². The number of hydrogen-bond acceptors (Lipinski definition) is 3. The monoisotopic (exact) mass is 564 g/mol. The minimum atomic E-state index is 0.776. The quantitative estimate of drug-likeness (QED) is 0.216. The van der Waals surface area contributed by atoms with Crippen LogP contribution in [0.3, 0.4) is 0 Å². The Bertz CT molecular complexity index is 2370. The predicted molar refractivity (Wildman–Crippen MR) is 186 cm³/mol. The highest BCUT2D eigenvalue weighted by Crippen LogP contribution is 2.43. The van der Waals surface area contributed by atoms with Crippen molar-refractivity contribution in [1.82, 2.24) is 0 Å². The third-order valence-corrected chi connectivity index (χ3v) is 8.83. The van der Waals surface area contributed by atoms with E-state index in [1.807, 2.05) is 0 Å². The summed E-state index contributed by atoms with van der Waals surface area (Å²) in [6.07, 6.45) is 4.30. The highest BCUT2D eigenvalue weighted by atomic mass is 16.3. The molecule has 0 aliphatic carbocycles. The second-order valence-corrected chi connectivity index (χ2v) is 11.4. The second kappa shape index (κ2) is 9.89. The van der Waals surface area contributed by atoms with Gasteiger partial charge in [0.25, 0.3) is 0 Å². The number of rotatable bonds is 4. The van der Waals surface area contributed by atoms with E-state index >= 15 is 0 Å². The number of anilines is 4. The molecule has 2 heterocycles. The Kier molecular flexibility index (Phi) is 5.57. The lowest BCUT2D eigenvalue weighted by molar-refractivity contribution is 0.628. The van der Waals surface area contributed by atoms with Crippen LogP contribution < -0.4 is 10.2 Å². The van der Waals surface area contributed by atoms with Crippen molar-refractivity contribution in [3.63, 3.8) is 0 Å². The Hall–Kier alpha value is -5.80. The van der Waals surface area contributed by atoms with Gasteiger partial charge in [-0.2, -0.15) is 0 Å². The van der Waals surface area contributed by atoms with Gasteiger partial charge in [0, 0.05) is 34.6 Å². The lowest BCUT2D eigenvalue weighted by Gasteiger charge is -2.27. The Labute approximate surface area is 255 Å². The van der Waals surface area contributed by atoms with Gasteiger partial charge >= 0.3 is 0 Å². The van der Waals surface area contributed by atoms with Gasteiger partial charge in [0.05, 0.1) is 0 Å². The Morgan fingerprint density at radius 2 is 1.07 bits per heavy atom. The van der Waals surface area contributed by atoms with Gasteiger partial charge < -0.3 is 14.6 Å². The first-order chi connectivity index (χ1) is 21.8. The first kappa shape index (κ1) is 24.8. The molecule has 3 heteroatoms. The van der Waals surface area contributed by atoms with E-state index in [0.29, 0.717) is 0 Å². The van der Waals surface area contributed by atoms with E-state index in [4.69, 9.17) is 4.42 Å². The number of furan rings is 1. The van der Waals surface area contributed by atoms with Crippen LogP contribution >= 0.6 is 0 Å². The average Bonchev–Trinajstić information content (AvgIpc) is 3.47. The van der Waals surface area contributed by atoms with Crippen LogP contribution in [0.25, 0.3) is 60.5 Å². The van der Waals surface area contributed by atoms with Gasteiger partial charge in [0.2, 0.25) is 5.88 Å². The fourth-order valence-corrected chi connectivity index (χ4v) is 6.81. The van der Waals surface area contributed by atoms with Crippen LogP contribution in [0.1, 0.15) is 5.56 Å². The molecule has 208 valence electrons. The Balaban J connectivity index is 1.31. The van der Waals surface area contributed by atoms with Crippen LogP contribution in [-0.4, -0.2) is 6.54 Å². The maximum atomic E-state index is 6.18. The van der Waals surface area contributed by atoms with Crippen LogP contribution in [0, 0.1) is 0 Å². The molecule has 0 radical (unpaired) electrons. The Morgan fingerprint density at radius 3 is 1.82 bits per heavy atom. The lowest BCUT2D eigenvalue weighted by Crippen LogP contribution is -2.10. The zero-order chi connectivity index (χ0) is 29.0. The summed E-state index contributed by atoms with van der Waals surface area (Å²) < 4.78 is 6.18. The van der Waals surface area contributed by atoms with Crippen molar-refractivity contribution in [3.05, 3.63) is 151 Å². The third kappa shape index (κ3) is 3.90. The second-order valence-electron chi connectivity index (χ2n) is 11.4. The fraction of sp³-hybridized carbons (Fsp3) is 0.0244. The zero-order valence-corrected chi connectivity index (χ0v) is 24.0. The molecule has 9 rings (SSSR count). The van der Waals surface area contributed by atoms with Gasteiger partial charge in [-0.05, 0) is 85.9 Å². The molecule has 0 saturated heterocycles. The number of hydrogen-bond donors (Lipinski definition) is 1. The molecule has 1 aliphatic heterocycles. The number of nitrogens with one attached hydrogen (secondary N) is 1. The molecule has 0 fully saturated rings. The van der Waals surface area contributed by atoms with Crippen molar-refractivity contribution < 1.29 is 4.42 Å². The molecule has 7 aromatic carbocycles. The van der Waals surface area contributed by atoms with Crippen molar-refractivity contribution >= 4 is 72.3 Å². The van der Waals surface area contributed by atoms with Gasteiger partial charge in [-0.3, -0.25) is 0 Å². The van der Waals surface area contributed by atoms with E-state index in [0.717, 1.165) is 46.0 Å². The highest BCUT2D eigenvalue weighted by Gasteiger charge is 2.20. The molecule has 8 aromatic rings. The fourth-order valence-electron chi connectivity index (χ4n) is 6.81. The van der Waals surface area contributed by atoms with Gasteiger partial charge in [-0.25, -0.2) is 0 Å². The minimum Gasteiger partial charge on any atom is -0.440 e. The van der Waals surface area contributed by atoms with Gasteiger partial charge in [-0.15, -0.1) is 0 Å². The van der Waals surface area contributed by atoms with Crippen LogP contribution in [0.15, 0.2) is 150 Å². The number of nitrogens with zero attached hydrogens (tertiary/aromatic N) is 1. The summed E-state index contributed by atoms with van der Waals surface area (Å²) in [6.45, 7) is 0.776. The van der Waals surface area contributed by atoms with E-state index in [1.54, 1.807) is 0 Å². The van der Waals surface area contributed by atoms with Crippen molar-refractivity contribution in [2.45, 2.75) is 0 Å². The number of benzene rings is 7. The molecule has 44 heavy (non-hydrogen) atoms. The van der Waals surface area contributed by atoms with Gasteiger partial charge in [0.15, 0.2) is 0 Å². The molecular formula is C41H28N2O. The van der Waals surface area contributed by atoms with E-state index in [2.05, 4.69) is 162 Å². The summed E-state index contributed by atoms with van der Waals surface area (Å²) in [5.41, 5.74) is 7.64. The zero-order valence-electron chi connectivity index (χ0n) is 24.0. The minimum absolute atomic E-state index is 0.776. The smallest absolute Gasteiger partial charge is 0.201 e. The molecule has 1 N–H and O–H groups in total. The SMILES string of the molecule is C1=Cc2c(oc3ccc(N(c4cccc(-c5ccccc5)c4)c4ccc5c6ccccc6c6ccccc6c5c4)cc23)NC1. The normalized spacial score (nSPS) is 12.5. The standard InChI is InChI=1S/C41H28N2O/c1-2-10-27(11-3-1)28-12-8-13-29(24-28)43(31-20-22-40-39(26-31)37-18-9-23-42-41(37)44-40)30-19-21-36-34-16-5-4-14-32(34)33-15-6-7-17-35(33)38(36)25-30/h1-22,24-26,42H,23H2. The molecule has 3 nitrogen and oxygen atoms in total. The average molecular weight is 565 g/mol. The molecule has 1 aromatic heterocycles. The molecular weight excluding hydrogens is 536 g/mol. The van der Waals surface area contributed by atoms with Crippen LogP contribution in [-0.2, 0) is 0 Å². The molecule has 1 aliphatic rings. The molecule has 0 spiro atoms. The van der Waals surface area contributed by atoms with Crippen LogP contribution in [0.5, 0.6) is 0 Å². The highest BCUT2D eigenvalue weighted by molar-refractivity contribution is 6.25. The molecule has 0 saturated carbocycles. The lowest BCUT2D eigenvalue weighted by atomic mass is 9.94. The molecule has 0 unspecified atom stereocenters. The molecule has 0 atom stereocenters. The van der Waals surface area contributed by atoms with Crippen molar-refractivity contribution in [2.24, 2.45) is 0 Å². The van der Waals surface area contributed by atoms with E-state index < -0.39 is 0 Å². The summed E-state index contributed by atoms with van der Waals surface area (Å²) in [5, 5.41) is 12.1. The molecule has 0 bridgehead atoms. The summed E-state index contributed by atoms with van der Waals surface area (Å²) in [4.78, 5) is 2.37. The van der Waals surface area contributed by atoms with Crippen LogP contribution in [0.4, 0.5) is 22.9 Å². The maximum Gasteiger partial charge on any atom is 0.201 e. The topological polar surface area (TPSA) is 28.4 Å². The summed E-state index contributed by atoms with van der Waals surface area (Å²) in [7, 11) is 0. The third-order valence-electron chi connectivity index (χ3n) is 8.83. The first-order valence-corrected chi connectivity index (χ1v) is 15.1. The Morgan fingerprint density at radius 1 is 0.477 bits per heavy atom. The summed E-state index contributed by atoms with van der Waals surface area (Å²) in [5.74, 6) is 0.835. The summed E-state index contributed by atoms with van der Waals surface area (Å²) >= 11 is 0. The summed E-state index contributed by atoms with van der Waals surface area (Å²) in [6, 6.07) is 50.3.